The van der Waals surface area contributed by atoms with E-state index in [-0.39, 0.29) is 0 Å². The third-order valence-corrected chi connectivity index (χ3v) is 29.3. The number of nitrogens with zero attached hydrogens (tertiary/aromatic N) is 4. The summed E-state index contributed by atoms with van der Waals surface area (Å²) >= 11 is 0. The fourth-order valence-corrected chi connectivity index (χ4v) is 22.8. The number of rotatable bonds is 15. The van der Waals surface area contributed by atoms with E-state index in [0.29, 0.717) is 0 Å². The fraction of sp³-hybridized carbons (Fsp3) is 0.129. The van der Waals surface area contributed by atoms with Crippen molar-refractivity contribution in [3.8, 4) is 22.3 Å². The third-order valence-electron chi connectivity index (χ3n) is 29.3. The monoisotopic (exact) mass is 1730 g/mol. The van der Waals surface area contributed by atoms with Gasteiger partial charge in [-0.15, -0.1) is 0 Å². The van der Waals surface area contributed by atoms with E-state index in [1.165, 1.54) is 89.0 Å². The molecular formula is C124H94N4O6. The van der Waals surface area contributed by atoms with Gasteiger partial charge in [0.25, 0.3) is 0 Å². The number of anilines is 12. The van der Waals surface area contributed by atoms with Crippen LogP contribution in [0.5, 0.6) is 0 Å². The second-order valence-electron chi connectivity index (χ2n) is 38.7. The maximum Gasteiger partial charge on any atom is 0.160 e. The Morgan fingerprint density at radius 3 is 0.881 bits per heavy atom. The molecule has 2 aliphatic rings. The van der Waals surface area contributed by atoms with Crippen molar-refractivity contribution in [2.45, 2.75) is 107 Å². The summed E-state index contributed by atoms with van der Waals surface area (Å²) < 4.78 is 43.6. The first-order chi connectivity index (χ1) is 65.2. The molecule has 0 fully saturated rings. The number of hydrogen-bond donors (Lipinski definition) is 0. The normalized spacial score (nSPS) is 13.3. The lowest BCUT2D eigenvalue weighted by molar-refractivity contribution is 0.601. The van der Waals surface area contributed by atoms with E-state index in [9.17, 15) is 0 Å². The molecular weight excluding hydrogens is 1640 g/mol. The third kappa shape index (κ3) is 11.8. The molecule has 10 nitrogen and oxygen atoms in total. The minimum absolute atomic E-state index is 0.464. The van der Waals surface area contributed by atoms with Crippen molar-refractivity contribution in [3.05, 3.63) is 405 Å². The van der Waals surface area contributed by atoms with E-state index in [2.05, 4.69) is 424 Å². The molecule has 10 heteroatoms. The number of furan rings is 6. The highest BCUT2D eigenvalue weighted by atomic mass is 16.4. The van der Waals surface area contributed by atoms with Crippen molar-refractivity contribution in [1.29, 1.82) is 0 Å². The first-order valence-electron chi connectivity index (χ1n) is 46.7. The molecule has 0 radical (unpaired) electrons. The van der Waals surface area contributed by atoms with Gasteiger partial charge in [0.1, 0.15) is 44.7 Å². The average Bonchev–Trinajstić information content (AvgIpc) is 1.48. The average molecular weight is 1740 g/mol. The number of para-hydroxylation sites is 4. The number of hydrogen-bond acceptors (Lipinski definition) is 10. The summed E-state index contributed by atoms with van der Waals surface area (Å²) in [6.45, 7) is 27.1. The van der Waals surface area contributed by atoms with Crippen LogP contribution in [0, 0.1) is 55.4 Å². The summed E-state index contributed by atoms with van der Waals surface area (Å²) in [5.41, 5.74) is 42.7. The van der Waals surface area contributed by atoms with Crippen LogP contribution >= 0.6 is 0 Å². The quantitative estimate of drug-likeness (QED) is 0.0988. The number of fused-ring (bicyclic) bond motifs is 29. The lowest BCUT2D eigenvalue weighted by atomic mass is 9.72. The van der Waals surface area contributed by atoms with Crippen molar-refractivity contribution in [2.24, 2.45) is 0 Å². The first kappa shape index (κ1) is 79.0. The molecule has 0 aliphatic heterocycles. The van der Waals surface area contributed by atoms with Crippen LogP contribution in [0.1, 0.15) is 106 Å². The minimum Gasteiger partial charge on any atom is -0.456 e. The Kier molecular flexibility index (Phi) is 17.2. The summed E-state index contributed by atoms with van der Waals surface area (Å²) in [4.78, 5) is 9.51. The van der Waals surface area contributed by atoms with E-state index in [4.69, 9.17) is 26.5 Å². The largest absolute Gasteiger partial charge is 0.456 e. The Morgan fingerprint density at radius 1 is 0.216 bits per heavy atom. The van der Waals surface area contributed by atoms with Crippen LogP contribution < -0.4 is 19.6 Å². The van der Waals surface area contributed by atoms with Crippen molar-refractivity contribution in [2.75, 3.05) is 19.6 Å². The molecule has 0 saturated heterocycles. The van der Waals surface area contributed by atoms with Crippen LogP contribution in [0.3, 0.4) is 0 Å². The van der Waals surface area contributed by atoms with Crippen molar-refractivity contribution in [1.82, 2.24) is 0 Å². The number of aryl methyl sites for hydroxylation is 10. The molecule has 0 atom stereocenters. The molecule has 24 aromatic rings. The molecule has 6 heterocycles. The Morgan fingerprint density at radius 2 is 0.515 bits per heavy atom. The second-order valence-corrected chi connectivity index (χ2v) is 38.7. The molecule has 134 heavy (non-hydrogen) atoms. The molecule has 0 spiro atoms. The maximum atomic E-state index is 7.38. The van der Waals surface area contributed by atoms with Crippen molar-refractivity contribution in [3.63, 3.8) is 0 Å². The maximum absolute atomic E-state index is 7.38. The standard InChI is InChI=1S/C124H94N4O6/c1-69-29-45-79(46-30-69)125(80-47-31-70(2)32-48-80)97-65-93-109(113-85-21-13-17-25-101(85)131-119(97)113)89-57-58-90-110-94(124(11,12)118(90)117(89)123(93,9)10)66-98(120-114(110)86-22-14-18-26-102(86)132-120)126(81-49-33-71(3)34-50-81)82-55-42-77(43-56-82)40-41-78-44-60-96(76(8)62-78)128(84-53-37-73(5)38-54-84)100-68-108-112(116-88-24-16-20-28-104(88)134-122(100)116)92-64-105-91(63-106(92)130-108)111-107(129-105)67-99(121-115(111)87-23-15-19-27-103(87)133-121)127(83-51-35-72(4)36-52-83)95-59-39-74(6)61-75(95)7/h13-39,42-68H,40-41H2,1-12H3. The molecule has 0 bridgehead atoms. The Bertz CT molecular complexity index is 9040. The van der Waals surface area contributed by atoms with Gasteiger partial charge in [-0.1, -0.05) is 243 Å². The first-order valence-corrected chi connectivity index (χ1v) is 46.7. The van der Waals surface area contributed by atoms with E-state index >= 15 is 0 Å². The highest BCUT2D eigenvalue weighted by Crippen LogP contribution is 2.65. The van der Waals surface area contributed by atoms with Crippen molar-refractivity contribution >= 4 is 200 Å². The van der Waals surface area contributed by atoms with Gasteiger partial charge in [0.2, 0.25) is 0 Å². The van der Waals surface area contributed by atoms with Crippen LogP contribution in [0.2, 0.25) is 0 Å². The topological polar surface area (TPSA) is 91.8 Å². The van der Waals surface area contributed by atoms with Gasteiger partial charge in [0, 0.05) is 133 Å². The molecule has 0 unspecified atom stereocenters. The van der Waals surface area contributed by atoms with Crippen LogP contribution in [0.4, 0.5) is 68.2 Å². The van der Waals surface area contributed by atoms with Gasteiger partial charge in [-0.05, 0) is 268 Å². The zero-order valence-electron chi connectivity index (χ0n) is 76.8. The van der Waals surface area contributed by atoms with Gasteiger partial charge >= 0.3 is 0 Å². The van der Waals surface area contributed by atoms with E-state index in [1.807, 2.05) is 6.07 Å². The summed E-state index contributed by atoms with van der Waals surface area (Å²) in [6.07, 6.45) is 1.64. The molecule has 6 aromatic heterocycles. The van der Waals surface area contributed by atoms with Crippen LogP contribution in [0.25, 0.3) is 154 Å². The highest BCUT2D eigenvalue weighted by Gasteiger charge is 2.49. The van der Waals surface area contributed by atoms with Crippen LogP contribution in [-0.4, -0.2) is 0 Å². The van der Waals surface area contributed by atoms with E-state index in [1.54, 1.807) is 0 Å². The summed E-state index contributed by atoms with van der Waals surface area (Å²) in [5, 5.41) is 12.2. The van der Waals surface area contributed by atoms with Crippen LogP contribution in [0.15, 0.2) is 354 Å². The van der Waals surface area contributed by atoms with E-state index in [0.717, 1.165) is 224 Å². The molecule has 0 amide bonds. The predicted molar refractivity (Wildman–Crippen MR) is 556 cm³/mol. The van der Waals surface area contributed by atoms with Gasteiger partial charge < -0.3 is 46.1 Å². The smallest absolute Gasteiger partial charge is 0.160 e. The van der Waals surface area contributed by atoms with Gasteiger partial charge in [0.15, 0.2) is 22.3 Å². The lowest BCUT2D eigenvalue weighted by Crippen LogP contribution is -2.24. The van der Waals surface area contributed by atoms with Gasteiger partial charge in [-0.25, -0.2) is 0 Å². The second kappa shape index (κ2) is 29.2. The Labute approximate surface area is 775 Å². The van der Waals surface area contributed by atoms with Gasteiger partial charge in [-0.2, -0.15) is 0 Å². The Balaban J connectivity index is 0.558. The molecule has 0 N–H and O–H groups in total. The minimum atomic E-state index is -0.488. The molecule has 0 saturated carbocycles. The SMILES string of the molecule is Cc1ccc(N(c2ccc(C)cc2)c2cc3c(c4c2oc2ccccc24)-c2ccc4c(c2C3(C)C)C(C)(C)c2cc(N(c3ccc(C)cc3)c3ccc(CCc5ccc(N(c6ccc(C)cc6)c6cc7oc8cc9c(cc8c7c7c6oc6ccccc67)oc6cc(N(c7ccc(C)cc7)c7ccc(C)cc7C)c7oc8ccccc8c7c69)c(C)c5)cc3)c3oc5ccccc5c3c2-4)cc1. The highest BCUT2D eigenvalue weighted by molar-refractivity contribution is 6.34. The zero-order chi connectivity index (χ0) is 90.3. The van der Waals surface area contributed by atoms with Gasteiger partial charge in [-0.3, -0.25) is 0 Å². The zero-order valence-corrected chi connectivity index (χ0v) is 76.8. The van der Waals surface area contributed by atoms with Crippen molar-refractivity contribution < 1.29 is 26.5 Å². The Hall–Kier alpha value is -16.0. The lowest BCUT2D eigenvalue weighted by Gasteiger charge is -2.32. The molecule has 2 aliphatic carbocycles. The molecule has 646 valence electrons. The molecule has 26 rings (SSSR count). The van der Waals surface area contributed by atoms with Gasteiger partial charge in [0.05, 0.1) is 22.7 Å². The summed E-state index contributed by atoms with van der Waals surface area (Å²) in [5.74, 6) is 0. The summed E-state index contributed by atoms with van der Waals surface area (Å²) in [7, 11) is 0. The molecule has 18 aromatic carbocycles. The number of benzene rings is 18. The fourth-order valence-electron chi connectivity index (χ4n) is 22.8. The van der Waals surface area contributed by atoms with E-state index < -0.39 is 10.8 Å². The summed E-state index contributed by atoms with van der Waals surface area (Å²) in [6, 6.07) is 120. The predicted octanol–water partition coefficient (Wildman–Crippen LogP) is 35.8. The van der Waals surface area contributed by atoms with Crippen LogP contribution in [-0.2, 0) is 23.7 Å².